The molecule has 0 aliphatic carbocycles. The molecule has 4 N–H and O–H groups in total. The van der Waals surface area contributed by atoms with Gasteiger partial charge in [0.05, 0.1) is 12.2 Å². The number of nitrogens with two attached hydrogens (primary N) is 1. The first-order valence-electron chi connectivity index (χ1n) is 6.52. The van der Waals surface area contributed by atoms with Crippen LogP contribution in [0.15, 0.2) is 0 Å². The van der Waals surface area contributed by atoms with Gasteiger partial charge in [-0.2, -0.15) is 0 Å². The van der Waals surface area contributed by atoms with Crippen LogP contribution in [0.5, 0.6) is 0 Å². The van der Waals surface area contributed by atoms with Gasteiger partial charge in [-0.1, -0.05) is 0 Å². The van der Waals surface area contributed by atoms with Crippen LogP contribution in [0.1, 0.15) is 26.2 Å². The van der Waals surface area contributed by atoms with Crippen LogP contribution in [0.25, 0.3) is 0 Å². The summed E-state index contributed by atoms with van der Waals surface area (Å²) < 4.78 is 10.8. The summed E-state index contributed by atoms with van der Waals surface area (Å²) >= 11 is 0. The predicted molar refractivity (Wildman–Crippen MR) is 64.9 cm³/mol. The zero-order valence-electron chi connectivity index (χ0n) is 10.7. The van der Waals surface area contributed by atoms with Crippen molar-refractivity contribution in [1.29, 1.82) is 0 Å². The summed E-state index contributed by atoms with van der Waals surface area (Å²) in [6, 6.07) is 0. The molecule has 2 fully saturated rings. The van der Waals surface area contributed by atoms with Crippen molar-refractivity contribution in [1.82, 2.24) is 5.32 Å². The van der Waals surface area contributed by atoms with Gasteiger partial charge in [0.1, 0.15) is 11.7 Å². The molecule has 4 unspecified atom stereocenters. The fourth-order valence-corrected chi connectivity index (χ4v) is 2.43. The lowest BCUT2D eigenvalue weighted by Gasteiger charge is -2.26. The highest BCUT2D eigenvalue weighted by Crippen LogP contribution is 2.25. The molecule has 18 heavy (non-hydrogen) atoms. The van der Waals surface area contributed by atoms with Crippen molar-refractivity contribution in [3.05, 3.63) is 0 Å². The number of hydrogen-bond acceptors (Lipinski definition) is 5. The highest BCUT2D eigenvalue weighted by Gasteiger charge is 2.40. The zero-order chi connectivity index (χ0) is 13.2. The molecule has 0 aromatic rings. The molecule has 6 nitrogen and oxygen atoms in total. The van der Waals surface area contributed by atoms with Crippen LogP contribution in [0, 0.1) is 0 Å². The van der Waals surface area contributed by atoms with Crippen LogP contribution in [0.3, 0.4) is 0 Å². The number of carbonyl (C=O) groups is 1. The summed E-state index contributed by atoms with van der Waals surface area (Å²) in [4.78, 5) is 11.9. The minimum Gasteiger partial charge on any atom is -0.385 e. The van der Waals surface area contributed by atoms with Gasteiger partial charge in [0.2, 0.25) is 5.91 Å². The zero-order valence-corrected chi connectivity index (χ0v) is 10.7. The topological polar surface area (TPSA) is 93.8 Å². The third-order valence-electron chi connectivity index (χ3n) is 3.89. The maximum absolute atomic E-state index is 11.9. The number of ether oxygens (including phenoxy) is 2. The first-order chi connectivity index (χ1) is 8.55. The van der Waals surface area contributed by atoms with Gasteiger partial charge in [0.25, 0.3) is 0 Å². The first kappa shape index (κ1) is 13.7. The Kier molecular flexibility index (Phi) is 4.21. The standard InChI is InChI=1S/C12H22N2O4/c1-8-12(16,4-5-17-8)7-14-11(15)10-3-2-9(6-13)18-10/h8-10,16H,2-7,13H2,1H3,(H,14,15). The van der Waals surface area contributed by atoms with Crippen LogP contribution >= 0.6 is 0 Å². The van der Waals surface area contributed by atoms with Gasteiger partial charge in [-0.25, -0.2) is 0 Å². The second kappa shape index (κ2) is 5.52. The second-order valence-corrected chi connectivity index (χ2v) is 5.14. The molecule has 1 amide bonds. The summed E-state index contributed by atoms with van der Waals surface area (Å²) in [6.45, 7) is 3.00. The van der Waals surface area contributed by atoms with Crippen molar-refractivity contribution in [3.63, 3.8) is 0 Å². The molecule has 2 aliphatic rings. The quantitative estimate of drug-likeness (QED) is 0.610. The van der Waals surface area contributed by atoms with E-state index in [1.807, 2.05) is 6.92 Å². The van der Waals surface area contributed by atoms with Gasteiger partial charge in [0.15, 0.2) is 0 Å². The Balaban J connectivity index is 1.78. The van der Waals surface area contributed by atoms with Crippen LogP contribution in [0.4, 0.5) is 0 Å². The van der Waals surface area contributed by atoms with E-state index in [1.54, 1.807) is 0 Å². The maximum Gasteiger partial charge on any atom is 0.249 e. The van der Waals surface area contributed by atoms with E-state index in [0.717, 1.165) is 6.42 Å². The highest BCUT2D eigenvalue weighted by molar-refractivity contribution is 5.81. The lowest BCUT2D eigenvalue weighted by Crippen LogP contribution is -2.49. The lowest BCUT2D eigenvalue weighted by atomic mass is 9.96. The molecule has 0 bridgehead atoms. The van der Waals surface area contributed by atoms with Crippen molar-refractivity contribution in [2.75, 3.05) is 19.7 Å². The van der Waals surface area contributed by atoms with Gasteiger partial charge in [-0.15, -0.1) is 0 Å². The molecule has 4 atom stereocenters. The molecular formula is C12H22N2O4. The van der Waals surface area contributed by atoms with Gasteiger partial charge in [0, 0.05) is 26.1 Å². The number of amides is 1. The number of hydrogen-bond donors (Lipinski definition) is 3. The Morgan fingerprint density at radius 3 is 2.89 bits per heavy atom. The van der Waals surface area contributed by atoms with E-state index in [9.17, 15) is 9.90 Å². The van der Waals surface area contributed by atoms with E-state index >= 15 is 0 Å². The van der Waals surface area contributed by atoms with Crippen LogP contribution in [-0.4, -0.2) is 54.6 Å². The molecule has 2 rings (SSSR count). The summed E-state index contributed by atoms with van der Waals surface area (Å²) in [5.41, 5.74) is 4.54. The number of rotatable bonds is 4. The van der Waals surface area contributed by atoms with E-state index in [-0.39, 0.29) is 24.7 Å². The molecule has 0 radical (unpaired) electrons. The Bertz CT molecular complexity index is 312. The molecule has 0 spiro atoms. The predicted octanol–water partition coefficient (Wildman–Crippen LogP) is -0.851. The Morgan fingerprint density at radius 2 is 2.33 bits per heavy atom. The summed E-state index contributed by atoms with van der Waals surface area (Å²) in [6.07, 6.45) is 1.36. The Labute approximate surface area is 107 Å². The average molecular weight is 258 g/mol. The fourth-order valence-electron chi connectivity index (χ4n) is 2.43. The smallest absolute Gasteiger partial charge is 0.249 e. The lowest BCUT2D eigenvalue weighted by molar-refractivity contribution is -0.133. The average Bonchev–Trinajstić information content (AvgIpc) is 2.95. The van der Waals surface area contributed by atoms with Crippen LogP contribution < -0.4 is 11.1 Å². The molecule has 0 aromatic carbocycles. The van der Waals surface area contributed by atoms with Gasteiger partial charge in [-0.05, 0) is 19.8 Å². The minimum atomic E-state index is -0.957. The Morgan fingerprint density at radius 1 is 1.56 bits per heavy atom. The SMILES string of the molecule is CC1OCCC1(O)CNC(=O)C1CCC(CN)O1. The van der Waals surface area contributed by atoms with E-state index in [0.29, 0.717) is 26.0 Å². The summed E-state index contributed by atoms with van der Waals surface area (Å²) in [7, 11) is 0. The van der Waals surface area contributed by atoms with Crippen LogP contribution in [0.2, 0.25) is 0 Å². The van der Waals surface area contributed by atoms with E-state index < -0.39 is 11.7 Å². The summed E-state index contributed by atoms with van der Waals surface area (Å²) in [5, 5.41) is 13.0. The van der Waals surface area contributed by atoms with Gasteiger partial charge < -0.3 is 25.6 Å². The van der Waals surface area contributed by atoms with Crippen molar-refractivity contribution < 1.29 is 19.4 Å². The van der Waals surface area contributed by atoms with Gasteiger partial charge >= 0.3 is 0 Å². The molecule has 2 heterocycles. The molecule has 6 heteroatoms. The van der Waals surface area contributed by atoms with E-state index in [1.165, 1.54) is 0 Å². The Hall–Kier alpha value is -0.690. The number of carbonyl (C=O) groups excluding carboxylic acids is 1. The molecule has 2 saturated heterocycles. The third-order valence-corrected chi connectivity index (χ3v) is 3.89. The molecule has 104 valence electrons. The van der Waals surface area contributed by atoms with Crippen LogP contribution in [-0.2, 0) is 14.3 Å². The summed E-state index contributed by atoms with van der Waals surface area (Å²) in [5.74, 6) is -0.168. The monoisotopic (exact) mass is 258 g/mol. The van der Waals surface area contributed by atoms with Crippen molar-refractivity contribution >= 4 is 5.91 Å². The minimum absolute atomic E-state index is 0.0161. The fraction of sp³-hybridized carbons (Fsp3) is 0.917. The van der Waals surface area contributed by atoms with Crippen molar-refractivity contribution in [2.45, 2.75) is 50.1 Å². The third kappa shape index (κ3) is 2.83. The van der Waals surface area contributed by atoms with E-state index in [4.69, 9.17) is 15.2 Å². The highest BCUT2D eigenvalue weighted by atomic mass is 16.5. The largest absolute Gasteiger partial charge is 0.385 e. The molecule has 2 aliphatic heterocycles. The number of aliphatic hydroxyl groups is 1. The molecular weight excluding hydrogens is 236 g/mol. The van der Waals surface area contributed by atoms with Crippen molar-refractivity contribution in [2.24, 2.45) is 5.73 Å². The van der Waals surface area contributed by atoms with Crippen molar-refractivity contribution in [3.8, 4) is 0 Å². The molecule has 0 aromatic heterocycles. The molecule has 0 saturated carbocycles. The normalized spacial score (nSPS) is 40.1. The van der Waals surface area contributed by atoms with Gasteiger partial charge in [-0.3, -0.25) is 4.79 Å². The first-order valence-corrected chi connectivity index (χ1v) is 6.52. The maximum atomic E-state index is 11.9. The second-order valence-electron chi connectivity index (χ2n) is 5.14. The van der Waals surface area contributed by atoms with E-state index in [2.05, 4.69) is 5.32 Å². The number of nitrogens with one attached hydrogen (secondary N) is 1.